The van der Waals surface area contributed by atoms with Crippen LogP contribution >= 0.6 is 11.6 Å². The van der Waals surface area contributed by atoms with Crippen molar-refractivity contribution in [3.8, 4) is 0 Å². The zero-order chi connectivity index (χ0) is 34.5. The number of anilines is 1. The van der Waals surface area contributed by atoms with Crippen molar-refractivity contribution in [3.05, 3.63) is 110 Å². The van der Waals surface area contributed by atoms with Crippen molar-refractivity contribution >= 4 is 51.9 Å². The average Bonchev–Trinajstić information content (AvgIpc) is 3.10. The number of carbonyl (C=O) groups excluding carboxylic acids is 4. The van der Waals surface area contributed by atoms with Gasteiger partial charge in [-0.15, -0.1) is 0 Å². The van der Waals surface area contributed by atoms with Gasteiger partial charge in [-0.1, -0.05) is 48.0 Å². The standard InChI is InChI=1S/C38H39ClN4O6/c1-24(44)40-29-13-14-34-31(21-29)33(45)22-35(49-34)37(47)41-32(20-25-9-11-28(39)12-10-25)38(48)42-18-15-26(16-19-42)30-7-3-2-6-27(30)23-43-17-5-4-8-36(43)46/h2-3,6-7,9-14,21-22,26,32H,4-5,8,15-20,23H2,1H3,(H,40,44)(H,41,47)/t32-/m1/s1. The average molecular weight is 683 g/mol. The molecule has 2 aliphatic heterocycles. The first kappa shape index (κ1) is 33.9. The number of piperidine rings is 2. The van der Waals surface area contributed by atoms with Crippen LogP contribution in [0.4, 0.5) is 5.69 Å². The van der Waals surface area contributed by atoms with Gasteiger partial charge in [0.25, 0.3) is 5.91 Å². The molecule has 2 N–H and O–H groups in total. The van der Waals surface area contributed by atoms with E-state index >= 15 is 0 Å². The number of rotatable bonds is 9. The van der Waals surface area contributed by atoms with Crippen molar-refractivity contribution in [3.63, 3.8) is 0 Å². The third kappa shape index (κ3) is 8.20. The van der Waals surface area contributed by atoms with Crippen LogP contribution in [0.5, 0.6) is 0 Å². The molecule has 254 valence electrons. The highest BCUT2D eigenvalue weighted by Gasteiger charge is 2.32. The van der Waals surface area contributed by atoms with Crippen LogP contribution in [0, 0.1) is 0 Å². The van der Waals surface area contributed by atoms with E-state index in [1.807, 2.05) is 29.2 Å². The summed E-state index contributed by atoms with van der Waals surface area (Å²) in [7, 11) is 0. The fraction of sp³-hybridized carbons (Fsp3) is 0.342. The Bertz CT molecular complexity index is 1930. The number of carbonyl (C=O) groups is 4. The SMILES string of the molecule is CC(=O)Nc1ccc2oc(C(=O)N[C@H](Cc3ccc(Cl)cc3)C(=O)N3CCC(c4ccccc4CN4CCCCC4=O)CC3)cc(=O)c2c1. The molecule has 3 heterocycles. The molecule has 1 aromatic heterocycles. The van der Waals surface area contributed by atoms with Gasteiger partial charge in [0.1, 0.15) is 11.6 Å². The van der Waals surface area contributed by atoms with E-state index in [0.717, 1.165) is 49.4 Å². The first-order chi connectivity index (χ1) is 23.6. The molecule has 10 nitrogen and oxygen atoms in total. The molecule has 2 fully saturated rings. The summed E-state index contributed by atoms with van der Waals surface area (Å²) in [5.41, 5.74) is 3.34. The molecular formula is C38H39ClN4O6. The van der Waals surface area contributed by atoms with Gasteiger partial charge < -0.3 is 24.9 Å². The second-order valence-corrected chi connectivity index (χ2v) is 13.2. The maximum absolute atomic E-state index is 14.1. The van der Waals surface area contributed by atoms with E-state index in [2.05, 4.69) is 22.8 Å². The van der Waals surface area contributed by atoms with Gasteiger partial charge in [-0.25, -0.2) is 0 Å². The van der Waals surface area contributed by atoms with Crippen LogP contribution in [-0.4, -0.2) is 59.1 Å². The number of halogens is 1. The highest BCUT2D eigenvalue weighted by atomic mass is 35.5. The van der Waals surface area contributed by atoms with E-state index < -0.39 is 17.4 Å². The molecule has 0 bridgehead atoms. The predicted octanol–water partition coefficient (Wildman–Crippen LogP) is 5.66. The Morgan fingerprint density at radius 3 is 2.43 bits per heavy atom. The number of benzene rings is 3. The van der Waals surface area contributed by atoms with E-state index in [4.69, 9.17) is 16.0 Å². The molecule has 6 rings (SSSR count). The summed E-state index contributed by atoms with van der Waals surface area (Å²) in [6, 6.07) is 20.1. The summed E-state index contributed by atoms with van der Waals surface area (Å²) in [5, 5.41) is 6.23. The number of nitrogens with one attached hydrogen (secondary N) is 2. The summed E-state index contributed by atoms with van der Waals surface area (Å²) in [5.74, 6) is -0.973. The Kier molecular flexibility index (Phi) is 10.4. The van der Waals surface area contributed by atoms with Gasteiger partial charge >= 0.3 is 0 Å². The van der Waals surface area contributed by atoms with Crippen LogP contribution < -0.4 is 16.1 Å². The van der Waals surface area contributed by atoms with Crippen LogP contribution in [0.1, 0.15) is 72.2 Å². The smallest absolute Gasteiger partial charge is 0.287 e. The Hall–Kier alpha value is -4.96. The van der Waals surface area contributed by atoms with Gasteiger partial charge in [0.05, 0.1) is 5.39 Å². The summed E-state index contributed by atoms with van der Waals surface area (Å²) in [6.45, 7) is 3.77. The van der Waals surface area contributed by atoms with E-state index in [0.29, 0.717) is 36.8 Å². The van der Waals surface area contributed by atoms with Gasteiger partial charge in [-0.3, -0.25) is 24.0 Å². The van der Waals surface area contributed by atoms with Gasteiger partial charge in [0.2, 0.25) is 17.7 Å². The minimum absolute atomic E-state index is 0.180. The molecule has 4 aromatic rings. The molecule has 1 atom stereocenters. The number of amides is 4. The van der Waals surface area contributed by atoms with Crippen LogP contribution in [0.25, 0.3) is 11.0 Å². The van der Waals surface area contributed by atoms with Gasteiger partial charge in [0.15, 0.2) is 11.2 Å². The van der Waals surface area contributed by atoms with E-state index in [1.54, 1.807) is 23.1 Å². The quantitative estimate of drug-likeness (QED) is 0.234. The Morgan fingerprint density at radius 2 is 1.69 bits per heavy atom. The summed E-state index contributed by atoms with van der Waals surface area (Å²) < 4.78 is 5.80. The zero-order valence-corrected chi connectivity index (χ0v) is 28.1. The molecule has 4 amide bonds. The molecule has 0 spiro atoms. The Balaban J connectivity index is 1.17. The monoisotopic (exact) mass is 682 g/mol. The molecule has 2 saturated heterocycles. The lowest BCUT2D eigenvalue weighted by Gasteiger charge is -2.36. The topological polar surface area (TPSA) is 129 Å². The second-order valence-electron chi connectivity index (χ2n) is 12.8. The summed E-state index contributed by atoms with van der Waals surface area (Å²) >= 11 is 6.10. The minimum atomic E-state index is -0.925. The molecule has 0 aliphatic carbocycles. The molecule has 11 heteroatoms. The third-order valence-electron chi connectivity index (χ3n) is 9.31. The lowest BCUT2D eigenvalue weighted by molar-refractivity contribution is -0.135. The van der Waals surface area contributed by atoms with Crippen molar-refractivity contribution in [2.24, 2.45) is 0 Å². The largest absolute Gasteiger partial charge is 0.451 e. The fourth-order valence-electron chi connectivity index (χ4n) is 6.78. The van der Waals surface area contributed by atoms with E-state index in [-0.39, 0.29) is 46.8 Å². The maximum atomic E-state index is 14.1. The van der Waals surface area contributed by atoms with Gasteiger partial charge in [-0.2, -0.15) is 0 Å². The van der Waals surface area contributed by atoms with Gasteiger partial charge in [-0.05, 0) is 78.6 Å². The van der Waals surface area contributed by atoms with Crippen molar-refractivity contribution in [1.82, 2.24) is 15.1 Å². The number of fused-ring (bicyclic) bond motifs is 1. The van der Waals surface area contributed by atoms with Crippen molar-refractivity contribution in [2.75, 3.05) is 25.0 Å². The number of likely N-dealkylation sites (tertiary alicyclic amines) is 2. The Labute approximate surface area is 289 Å². The number of hydrogen-bond donors (Lipinski definition) is 2. The molecule has 49 heavy (non-hydrogen) atoms. The summed E-state index contributed by atoms with van der Waals surface area (Å²) in [6.07, 6.45) is 4.28. The fourth-order valence-corrected chi connectivity index (χ4v) is 6.90. The molecule has 0 saturated carbocycles. The number of hydrogen-bond acceptors (Lipinski definition) is 6. The number of nitrogens with zero attached hydrogens (tertiary/aromatic N) is 2. The van der Waals surface area contributed by atoms with E-state index in [1.165, 1.54) is 24.6 Å². The first-order valence-corrected chi connectivity index (χ1v) is 17.1. The van der Waals surface area contributed by atoms with Crippen molar-refractivity contribution in [2.45, 2.75) is 64.0 Å². The van der Waals surface area contributed by atoms with E-state index in [9.17, 15) is 24.0 Å². The maximum Gasteiger partial charge on any atom is 0.287 e. The third-order valence-corrected chi connectivity index (χ3v) is 9.56. The predicted molar refractivity (Wildman–Crippen MR) is 187 cm³/mol. The normalized spacial score (nSPS) is 16.0. The molecule has 0 radical (unpaired) electrons. The van der Waals surface area contributed by atoms with Crippen LogP contribution in [0.2, 0.25) is 5.02 Å². The lowest BCUT2D eigenvalue weighted by atomic mass is 9.86. The minimum Gasteiger partial charge on any atom is -0.451 e. The summed E-state index contributed by atoms with van der Waals surface area (Å²) in [4.78, 5) is 68.3. The lowest BCUT2D eigenvalue weighted by Crippen LogP contribution is -2.51. The van der Waals surface area contributed by atoms with Crippen LogP contribution in [0.3, 0.4) is 0 Å². The van der Waals surface area contributed by atoms with Crippen LogP contribution in [0.15, 0.2) is 82.0 Å². The highest BCUT2D eigenvalue weighted by Crippen LogP contribution is 2.32. The second kappa shape index (κ2) is 15.1. The van der Waals surface area contributed by atoms with Crippen molar-refractivity contribution in [1.29, 1.82) is 0 Å². The highest BCUT2D eigenvalue weighted by molar-refractivity contribution is 6.30. The van der Waals surface area contributed by atoms with Crippen LogP contribution in [-0.2, 0) is 27.3 Å². The zero-order valence-electron chi connectivity index (χ0n) is 27.4. The Morgan fingerprint density at radius 1 is 0.939 bits per heavy atom. The molecule has 2 aliphatic rings. The first-order valence-electron chi connectivity index (χ1n) is 16.7. The van der Waals surface area contributed by atoms with Gasteiger partial charge in [0, 0.05) is 62.7 Å². The van der Waals surface area contributed by atoms with Crippen molar-refractivity contribution < 1.29 is 23.6 Å². The molecular weight excluding hydrogens is 644 g/mol. The molecule has 0 unspecified atom stereocenters. The molecule has 3 aromatic carbocycles.